The van der Waals surface area contributed by atoms with Gasteiger partial charge in [0.1, 0.15) is 11.6 Å². The van der Waals surface area contributed by atoms with E-state index in [1.807, 2.05) is 6.92 Å². The van der Waals surface area contributed by atoms with E-state index in [2.05, 4.69) is 35.5 Å². The molecule has 74 valence electrons. The summed E-state index contributed by atoms with van der Waals surface area (Å²) in [5.41, 5.74) is 5.92. The molecule has 0 aliphatic heterocycles. The first kappa shape index (κ1) is 10.2. The first-order valence-corrected chi connectivity index (χ1v) is 4.74. The maximum atomic E-state index is 5.92. The van der Waals surface area contributed by atoms with Crippen molar-refractivity contribution in [3.63, 3.8) is 0 Å². The number of hydrogen-bond acceptors (Lipinski definition) is 3. The van der Waals surface area contributed by atoms with Gasteiger partial charge in [-0.05, 0) is 27.2 Å². The standard InChI is InChI=1S/C9H18N4/c1-5-8(10)9-12-11-7(4)13(9)6(2)3/h6,8H,5,10H2,1-4H3. The van der Waals surface area contributed by atoms with Crippen LogP contribution >= 0.6 is 0 Å². The molecule has 0 bridgehead atoms. The van der Waals surface area contributed by atoms with Gasteiger partial charge >= 0.3 is 0 Å². The molecule has 1 rings (SSSR count). The van der Waals surface area contributed by atoms with Crippen molar-refractivity contribution in [3.05, 3.63) is 11.6 Å². The van der Waals surface area contributed by atoms with Crippen LogP contribution in [0.15, 0.2) is 0 Å². The molecule has 4 heteroatoms. The lowest BCUT2D eigenvalue weighted by Gasteiger charge is -2.15. The smallest absolute Gasteiger partial charge is 0.150 e. The van der Waals surface area contributed by atoms with Crippen molar-refractivity contribution in [1.29, 1.82) is 0 Å². The molecule has 2 N–H and O–H groups in total. The molecule has 1 atom stereocenters. The Morgan fingerprint density at radius 3 is 2.46 bits per heavy atom. The third-order valence-corrected chi connectivity index (χ3v) is 2.18. The Hall–Kier alpha value is -0.900. The van der Waals surface area contributed by atoms with Gasteiger partial charge in [0.2, 0.25) is 0 Å². The summed E-state index contributed by atoms with van der Waals surface area (Å²) >= 11 is 0. The Labute approximate surface area is 79.2 Å². The minimum atomic E-state index is 0.00333. The molecule has 0 fully saturated rings. The lowest BCUT2D eigenvalue weighted by molar-refractivity contribution is 0.514. The molecule has 0 radical (unpaired) electrons. The van der Waals surface area contributed by atoms with E-state index >= 15 is 0 Å². The average molecular weight is 182 g/mol. The number of hydrogen-bond donors (Lipinski definition) is 1. The first-order valence-electron chi connectivity index (χ1n) is 4.74. The van der Waals surface area contributed by atoms with Gasteiger partial charge < -0.3 is 10.3 Å². The van der Waals surface area contributed by atoms with E-state index in [0.29, 0.717) is 6.04 Å². The lowest BCUT2D eigenvalue weighted by Crippen LogP contribution is -2.17. The topological polar surface area (TPSA) is 56.7 Å². The van der Waals surface area contributed by atoms with E-state index in [1.165, 1.54) is 0 Å². The molecule has 0 aromatic carbocycles. The summed E-state index contributed by atoms with van der Waals surface area (Å²) in [5.74, 6) is 1.84. The zero-order valence-corrected chi connectivity index (χ0v) is 8.78. The van der Waals surface area contributed by atoms with Gasteiger partial charge in [-0.3, -0.25) is 0 Å². The highest BCUT2D eigenvalue weighted by atomic mass is 15.3. The van der Waals surface area contributed by atoms with Crippen LogP contribution in [0.5, 0.6) is 0 Å². The molecule has 0 spiro atoms. The Kier molecular flexibility index (Phi) is 3.03. The number of nitrogens with zero attached hydrogens (tertiary/aromatic N) is 3. The van der Waals surface area contributed by atoms with E-state index in [9.17, 15) is 0 Å². The highest BCUT2D eigenvalue weighted by Gasteiger charge is 2.16. The monoisotopic (exact) mass is 182 g/mol. The molecule has 0 saturated carbocycles. The molecule has 1 heterocycles. The molecule has 13 heavy (non-hydrogen) atoms. The maximum Gasteiger partial charge on any atom is 0.150 e. The van der Waals surface area contributed by atoms with Crippen LogP contribution in [0.3, 0.4) is 0 Å². The van der Waals surface area contributed by atoms with Gasteiger partial charge in [-0.1, -0.05) is 6.92 Å². The summed E-state index contributed by atoms with van der Waals surface area (Å²) in [6, 6.07) is 0.381. The van der Waals surface area contributed by atoms with Crippen molar-refractivity contribution in [2.75, 3.05) is 0 Å². The number of aromatic nitrogens is 3. The number of rotatable bonds is 3. The summed E-state index contributed by atoms with van der Waals surface area (Å²) in [6.07, 6.45) is 0.894. The molecule has 4 nitrogen and oxygen atoms in total. The van der Waals surface area contributed by atoms with Gasteiger partial charge in [-0.25, -0.2) is 0 Å². The van der Waals surface area contributed by atoms with E-state index in [0.717, 1.165) is 18.1 Å². The SMILES string of the molecule is CCC(N)c1nnc(C)n1C(C)C. The normalized spacial score (nSPS) is 13.7. The summed E-state index contributed by atoms with van der Waals surface area (Å²) in [7, 11) is 0. The second-order valence-corrected chi connectivity index (χ2v) is 3.58. The molecule has 0 amide bonds. The summed E-state index contributed by atoms with van der Waals surface area (Å²) < 4.78 is 2.09. The Balaban J connectivity index is 3.07. The second-order valence-electron chi connectivity index (χ2n) is 3.58. The molecule has 0 aliphatic carbocycles. The molecule has 0 aliphatic rings. The summed E-state index contributed by atoms with van der Waals surface area (Å²) in [4.78, 5) is 0. The molecular formula is C9H18N4. The fraction of sp³-hybridized carbons (Fsp3) is 0.778. The van der Waals surface area contributed by atoms with Crippen molar-refractivity contribution in [2.45, 2.75) is 46.2 Å². The fourth-order valence-corrected chi connectivity index (χ4v) is 1.46. The molecule has 1 aromatic heterocycles. The van der Waals surface area contributed by atoms with Crippen LogP contribution in [0.2, 0.25) is 0 Å². The predicted molar refractivity (Wildman–Crippen MR) is 52.4 cm³/mol. The fourth-order valence-electron chi connectivity index (χ4n) is 1.46. The summed E-state index contributed by atoms with van der Waals surface area (Å²) in [5, 5.41) is 8.14. The maximum absolute atomic E-state index is 5.92. The molecular weight excluding hydrogens is 164 g/mol. The van der Waals surface area contributed by atoms with Crippen LogP contribution < -0.4 is 5.73 Å². The van der Waals surface area contributed by atoms with Crippen molar-refractivity contribution < 1.29 is 0 Å². The predicted octanol–water partition coefficient (Wildman–Crippen LogP) is 1.58. The van der Waals surface area contributed by atoms with Crippen LogP contribution in [-0.4, -0.2) is 14.8 Å². The van der Waals surface area contributed by atoms with Crippen LogP contribution in [0.1, 0.15) is 50.9 Å². The molecule has 1 unspecified atom stereocenters. The van der Waals surface area contributed by atoms with Crippen molar-refractivity contribution in [3.8, 4) is 0 Å². The first-order chi connectivity index (χ1) is 6.07. The third-order valence-electron chi connectivity index (χ3n) is 2.18. The Morgan fingerprint density at radius 1 is 1.38 bits per heavy atom. The highest BCUT2D eigenvalue weighted by molar-refractivity contribution is 5.00. The van der Waals surface area contributed by atoms with Crippen LogP contribution in [0.25, 0.3) is 0 Å². The molecule has 0 saturated heterocycles. The van der Waals surface area contributed by atoms with Crippen LogP contribution in [-0.2, 0) is 0 Å². The van der Waals surface area contributed by atoms with Crippen LogP contribution in [0.4, 0.5) is 0 Å². The third kappa shape index (κ3) is 1.88. The molecule has 1 aromatic rings. The zero-order valence-electron chi connectivity index (χ0n) is 8.78. The van der Waals surface area contributed by atoms with Gasteiger partial charge in [0.05, 0.1) is 6.04 Å². The van der Waals surface area contributed by atoms with Gasteiger partial charge in [-0.2, -0.15) is 0 Å². The van der Waals surface area contributed by atoms with Gasteiger partial charge in [0, 0.05) is 6.04 Å². The zero-order chi connectivity index (χ0) is 10.0. The average Bonchev–Trinajstić information content (AvgIpc) is 2.45. The number of nitrogens with two attached hydrogens (primary N) is 1. The minimum Gasteiger partial charge on any atom is -0.321 e. The largest absolute Gasteiger partial charge is 0.321 e. The minimum absolute atomic E-state index is 0.00333. The van der Waals surface area contributed by atoms with Gasteiger partial charge in [0.25, 0.3) is 0 Å². The lowest BCUT2D eigenvalue weighted by atomic mass is 10.2. The quantitative estimate of drug-likeness (QED) is 0.772. The van der Waals surface area contributed by atoms with E-state index in [1.54, 1.807) is 0 Å². The van der Waals surface area contributed by atoms with E-state index in [4.69, 9.17) is 5.73 Å². The van der Waals surface area contributed by atoms with Crippen molar-refractivity contribution in [1.82, 2.24) is 14.8 Å². The van der Waals surface area contributed by atoms with Gasteiger partial charge in [-0.15, -0.1) is 10.2 Å². The van der Waals surface area contributed by atoms with Crippen molar-refractivity contribution >= 4 is 0 Å². The van der Waals surface area contributed by atoms with Crippen LogP contribution in [0, 0.1) is 6.92 Å². The van der Waals surface area contributed by atoms with Gasteiger partial charge in [0.15, 0.2) is 0 Å². The Bertz CT molecular complexity index is 277. The van der Waals surface area contributed by atoms with E-state index in [-0.39, 0.29) is 6.04 Å². The van der Waals surface area contributed by atoms with Crippen molar-refractivity contribution in [2.24, 2.45) is 5.73 Å². The Morgan fingerprint density at radius 2 is 2.00 bits per heavy atom. The number of aryl methyl sites for hydroxylation is 1. The summed E-state index contributed by atoms with van der Waals surface area (Å²) in [6.45, 7) is 8.24. The second kappa shape index (κ2) is 3.87. The van der Waals surface area contributed by atoms with E-state index < -0.39 is 0 Å². The highest BCUT2D eigenvalue weighted by Crippen LogP contribution is 2.17.